The van der Waals surface area contributed by atoms with Gasteiger partial charge in [0.1, 0.15) is 0 Å². The van der Waals surface area contributed by atoms with Crippen LogP contribution in [0.4, 0.5) is 18.9 Å². The summed E-state index contributed by atoms with van der Waals surface area (Å²) in [7, 11) is 0. The van der Waals surface area contributed by atoms with Crippen LogP contribution < -0.4 is 11.1 Å². The minimum absolute atomic E-state index is 0.306. The van der Waals surface area contributed by atoms with E-state index in [4.69, 9.17) is 5.73 Å². The molecule has 100 valence electrons. The Morgan fingerprint density at radius 1 is 1.28 bits per heavy atom. The molecule has 3 N–H and O–H groups in total. The zero-order valence-electron chi connectivity index (χ0n) is 10.2. The van der Waals surface area contributed by atoms with E-state index in [0.29, 0.717) is 16.8 Å². The predicted octanol–water partition coefficient (Wildman–Crippen LogP) is 2.57. The lowest BCUT2D eigenvalue weighted by Crippen LogP contribution is -2.28. The Labute approximate surface area is 103 Å². The number of amides is 1. The zero-order valence-corrected chi connectivity index (χ0v) is 10.2. The van der Waals surface area contributed by atoms with E-state index in [0.717, 1.165) is 5.56 Å². The van der Waals surface area contributed by atoms with Gasteiger partial charge < -0.3 is 11.1 Å². The molecule has 0 heterocycles. The van der Waals surface area contributed by atoms with Crippen molar-refractivity contribution in [2.24, 2.45) is 0 Å². The van der Waals surface area contributed by atoms with Gasteiger partial charge in [0.05, 0.1) is 6.42 Å². The van der Waals surface area contributed by atoms with Crippen LogP contribution in [0.2, 0.25) is 0 Å². The van der Waals surface area contributed by atoms with Crippen molar-refractivity contribution >= 4 is 11.6 Å². The summed E-state index contributed by atoms with van der Waals surface area (Å²) in [5.74, 6) is -0.538. The van der Waals surface area contributed by atoms with Crippen LogP contribution in [0, 0.1) is 13.8 Å². The molecule has 0 aliphatic heterocycles. The number of hydrogen-bond acceptors (Lipinski definition) is 2. The molecule has 0 unspecified atom stereocenters. The normalized spacial score (nSPS) is 11.4. The van der Waals surface area contributed by atoms with E-state index < -0.39 is 25.0 Å². The fourth-order valence-electron chi connectivity index (χ4n) is 1.53. The number of anilines is 1. The average Bonchev–Trinajstić information content (AvgIpc) is 2.21. The summed E-state index contributed by atoms with van der Waals surface area (Å²) in [5, 5.41) is 2.23. The van der Waals surface area contributed by atoms with Crippen LogP contribution in [0.25, 0.3) is 0 Å². The van der Waals surface area contributed by atoms with E-state index in [1.807, 2.05) is 0 Å². The predicted molar refractivity (Wildman–Crippen MR) is 63.3 cm³/mol. The maximum atomic E-state index is 11.9. The molecule has 1 aromatic carbocycles. The third-order valence-corrected chi connectivity index (χ3v) is 2.55. The molecule has 0 saturated heterocycles. The summed E-state index contributed by atoms with van der Waals surface area (Å²) < 4.78 is 35.8. The highest BCUT2D eigenvalue weighted by Crippen LogP contribution is 2.19. The smallest absolute Gasteiger partial charge is 0.390 e. The fourth-order valence-corrected chi connectivity index (χ4v) is 1.53. The number of carbonyl (C=O) groups excluding carboxylic acids is 1. The van der Waals surface area contributed by atoms with Crippen molar-refractivity contribution in [2.75, 3.05) is 12.3 Å². The molecule has 0 spiro atoms. The molecule has 18 heavy (non-hydrogen) atoms. The molecule has 0 atom stereocenters. The standard InChI is InChI=1S/C12H15F3N2O/c1-7-5-8(2)10(16)6-9(7)11(18)17-4-3-12(13,14)15/h5-6H,3-4,16H2,1-2H3,(H,17,18). The quantitative estimate of drug-likeness (QED) is 0.821. The van der Waals surface area contributed by atoms with E-state index in [2.05, 4.69) is 5.32 Å². The van der Waals surface area contributed by atoms with Crippen LogP contribution in [0.5, 0.6) is 0 Å². The molecule has 0 aliphatic rings. The van der Waals surface area contributed by atoms with Gasteiger partial charge in [0.15, 0.2) is 0 Å². The largest absolute Gasteiger partial charge is 0.398 e. The summed E-state index contributed by atoms with van der Waals surface area (Å²) in [6.07, 6.45) is -5.31. The average molecular weight is 260 g/mol. The van der Waals surface area contributed by atoms with Gasteiger partial charge in [0, 0.05) is 17.8 Å². The number of hydrogen-bond donors (Lipinski definition) is 2. The highest BCUT2D eigenvalue weighted by Gasteiger charge is 2.26. The first-order valence-corrected chi connectivity index (χ1v) is 5.42. The molecule has 1 aromatic rings. The summed E-state index contributed by atoms with van der Waals surface area (Å²) in [6.45, 7) is 3.08. The third-order valence-electron chi connectivity index (χ3n) is 2.55. The van der Waals surface area contributed by atoms with E-state index in [1.165, 1.54) is 6.07 Å². The van der Waals surface area contributed by atoms with Gasteiger partial charge in [0.25, 0.3) is 5.91 Å². The van der Waals surface area contributed by atoms with Gasteiger partial charge in [0.2, 0.25) is 0 Å². The highest BCUT2D eigenvalue weighted by atomic mass is 19.4. The summed E-state index contributed by atoms with van der Waals surface area (Å²) in [5.41, 5.74) is 7.94. The van der Waals surface area contributed by atoms with Gasteiger partial charge in [-0.15, -0.1) is 0 Å². The lowest BCUT2D eigenvalue weighted by molar-refractivity contribution is -0.132. The van der Waals surface area contributed by atoms with Crippen LogP contribution in [-0.4, -0.2) is 18.6 Å². The summed E-state index contributed by atoms with van der Waals surface area (Å²) >= 11 is 0. The van der Waals surface area contributed by atoms with Gasteiger partial charge >= 0.3 is 6.18 Å². The van der Waals surface area contributed by atoms with E-state index >= 15 is 0 Å². The van der Waals surface area contributed by atoms with Crippen LogP contribution in [0.3, 0.4) is 0 Å². The van der Waals surface area contributed by atoms with E-state index in [9.17, 15) is 18.0 Å². The molecule has 0 aromatic heterocycles. The van der Waals surface area contributed by atoms with Crippen LogP contribution in [0.1, 0.15) is 27.9 Å². The lowest BCUT2D eigenvalue weighted by atomic mass is 10.0. The molecule has 0 aliphatic carbocycles. The monoisotopic (exact) mass is 260 g/mol. The van der Waals surface area contributed by atoms with Gasteiger partial charge in [-0.2, -0.15) is 13.2 Å². The second-order valence-corrected chi connectivity index (χ2v) is 4.14. The third kappa shape index (κ3) is 3.94. The van der Waals surface area contributed by atoms with Crippen LogP contribution in [0.15, 0.2) is 12.1 Å². The molecule has 1 rings (SSSR count). The number of halogens is 3. The Hall–Kier alpha value is -1.72. The van der Waals surface area contributed by atoms with E-state index in [1.54, 1.807) is 19.9 Å². The molecular weight excluding hydrogens is 245 g/mol. The van der Waals surface area contributed by atoms with Gasteiger partial charge in [-0.05, 0) is 31.0 Å². The molecule has 6 heteroatoms. The van der Waals surface area contributed by atoms with Crippen LogP contribution >= 0.6 is 0 Å². The Kier molecular flexibility index (Phi) is 4.21. The second kappa shape index (κ2) is 5.29. The van der Waals surface area contributed by atoms with Crippen molar-refractivity contribution in [3.63, 3.8) is 0 Å². The summed E-state index contributed by atoms with van der Waals surface area (Å²) in [4.78, 5) is 11.7. The van der Waals surface area contributed by atoms with Crippen LogP contribution in [-0.2, 0) is 0 Å². The topological polar surface area (TPSA) is 55.1 Å². The molecule has 3 nitrogen and oxygen atoms in total. The zero-order chi connectivity index (χ0) is 13.9. The highest BCUT2D eigenvalue weighted by molar-refractivity contribution is 5.96. The van der Waals surface area contributed by atoms with E-state index in [-0.39, 0.29) is 0 Å². The van der Waals surface area contributed by atoms with Gasteiger partial charge in [-0.25, -0.2) is 0 Å². The molecule has 0 fully saturated rings. The Morgan fingerprint density at radius 3 is 2.44 bits per heavy atom. The Morgan fingerprint density at radius 2 is 1.89 bits per heavy atom. The molecule has 0 saturated carbocycles. The fraction of sp³-hybridized carbons (Fsp3) is 0.417. The maximum Gasteiger partial charge on any atom is 0.390 e. The number of nitrogen functional groups attached to an aromatic ring is 1. The van der Waals surface area contributed by atoms with Crippen molar-refractivity contribution in [1.29, 1.82) is 0 Å². The Bertz CT molecular complexity index is 455. The number of nitrogens with one attached hydrogen (secondary N) is 1. The second-order valence-electron chi connectivity index (χ2n) is 4.14. The molecule has 0 radical (unpaired) electrons. The minimum atomic E-state index is -4.27. The number of rotatable bonds is 3. The van der Waals surface area contributed by atoms with Crippen molar-refractivity contribution in [3.8, 4) is 0 Å². The number of nitrogens with two attached hydrogens (primary N) is 1. The molecular formula is C12H15F3N2O. The number of benzene rings is 1. The SMILES string of the molecule is Cc1cc(C)c(C(=O)NCCC(F)(F)F)cc1N. The number of aryl methyl sites for hydroxylation is 2. The van der Waals surface area contributed by atoms with Crippen molar-refractivity contribution in [2.45, 2.75) is 26.4 Å². The first kappa shape index (κ1) is 14.3. The maximum absolute atomic E-state index is 11.9. The first-order chi connectivity index (χ1) is 8.20. The summed E-state index contributed by atoms with van der Waals surface area (Å²) in [6, 6.07) is 3.21. The first-order valence-electron chi connectivity index (χ1n) is 5.42. The van der Waals surface area contributed by atoms with Crippen molar-refractivity contribution in [1.82, 2.24) is 5.32 Å². The molecule has 1 amide bonds. The van der Waals surface area contributed by atoms with Crippen molar-refractivity contribution < 1.29 is 18.0 Å². The Balaban J connectivity index is 2.70. The minimum Gasteiger partial charge on any atom is -0.398 e. The number of carbonyl (C=O) groups is 1. The van der Waals surface area contributed by atoms with Crippen molar-refractivity contribution in [3.05, 3.63) is 28.8 Å². The number of alkyl halides is 3. The van der Waals surface area contributed by atoms with Gasteiger partial charge in [-0.3, -0.25) is 4.79 Å². The lowest BCUT2D eigenvalue weighted by Gasteiger charge is -2.11. The van der Waals surface area contributed by atoms with Gasteiger partial charge in [-0.1, -0.05) is 6.07 Å². The molecule has 0 bridgehead atoms.